The van der Waals surface area contributed by atoms with E-state index in [2.05, 4.69) is 4.72 Å². The van der Waals surface area contributed by atoms with E-state index < -0.39 is 10.0 Å². The first kappa shape index (κ1) is 17.2. The molecule has 1 aromatic carbocycles. The van der Waals surface area contributed by atoms with Crippen LogP contribution in [-0.2, 0) is 14.8 Å². The van der Waals surface area contributed by atoms with Crippen LogP contribution in [0, 0.1) is 11.8 Å². The molecule has 0 aliphatic carbocycles. The van der Waals surface area contributed by atoms with Gasteiger partial charge in [0.15, 0.2) is 0 Å². The quantitative estimate of drug-likeness (QED) is 0.786. The summed E-state index contributed by atoms with van der Waals surface area (Å²) in [6, 6.07) is 7.13. The van der Waals surface area contributed by atoms with Gasteiger partial charge in [-0.3, -0.25) is 0 Å². The lowest BCUT2D eigenvalue weighted by Crippen LogP contribution is -2.37. The predicted molar refractivity (Wildman–Crippen MR) is 88.9 cm³/mol. The monoisotopic (exact) mass is 326 g/mol. The topological polar surface area (TPSA) is 81.4 Å². The zero-order valence-electron chi connectivity index (χ0n) is 13.3. The Morgan fingerprint density at radius 3 is 2.50 bits per heavy atom. The highest BCUT2D eigenvalue weighted by Crippen LogP contribution is 2.28. The van der Waals surface area contributed by atoms with Gasteiger partial charge >= 0.3 is 0 Å². The summed E-state index contributed by atoms with van der Waals surface area (Å²) in [6.45, 7) is 5.29. The molecule has 1 fully saturated rings. The molecule has 0 saturated carbocycles. The lowest BCUT2D eigenvalue weighted by Gasteiger charge is -2.26. The maximum absolute atomic E-state index is 12.5. The number of ether oxygens (including phenoxy) is 1. The maximum Gasteiger partial charge on any atom is 0.212 e. The van der Waals surface area contributed by atoms with Gasteiger partial charge in [0.05, 0.1) is 11.8 Å². The normalized spacial score (nSPS) is 18.5. The fraction of sp³-hybridized carbons (Fsp3) is 0.625. The predicted octanol–water partition coefficient (Wildman–Crippen LogP) is 2.31. The molecule has 0 aromatic heterocycles. The van der Waals surface area contributed by atoms with Gasteiger partial charge in [-0.1, -0.05) is 32.0 Å². The third-order valence-electron chi connectivity index (χ3n) is 4.10. The lowest BCUT2D eigenvalue weighted by atomic mass is 9.96. The third-order valence-corrected chi connectivity index (χ3v) is 5.62. The zero-order valence-corrected chi connectivity index (χ0v) is 14.1. The van der Waals surface area contributed by atoms with Crippen LogP contribution in [0.1, 0.15) is 38.3 Å². The molecule has 124 valence electrons. The summed E-state index contributed by atoms with van der Waals surface area (Å²) in [5.41, 5.74) is 7.47. The van der Waals surface area contributed by atoms with Crippen LogP contribution in [0.2, 0.25) is 0 Å². The Kier molecular flexibility index (Phi) is 5.83. The molecular weight excluding hydrogens is 300 g/mol. The summed E-state index contributed by atoms with van der Waals surface area (Å²) in [6.07, 6.45) is 1.61. The molecule has 0 amide bonds. The van der Waals surface area contributed by atoms with Gasteiger partial charge in [-0.25, -0.2) is 13.1 Å². The van der Waals surface area contributed by atoms with Crippen molar-refractivity contribution in [1.82, 2.24) is 4.72 Å². The molecule has 3 N–H and O–H groups in total. The maximum atomic E-state index is 12.5. The number of para-hydroxylation sites is 1. The van der Waals surface area contributed by atoms with Crippen molar-refractivity contribution in [3.05, 3.63) is 29.8 Å². The molecule has 1 aliphatic heterocycles. The molecule has 6 heteroatoms. The standard InChI is InChI=1S/C16H26N2O3S/c1-12(2)16(14-5-3-4-6-15(14)17)18-22(19,20)11-13-7-9-21-10-8-13/h3-6,12-13,16,18H,7-11,17H2,1-2H3. The minimum atomic E-state index is -3.35. The van der Waals surface area contributed by atoms with Gasteiger partial charge in [-0.2, -0.15) is 0 Å². The number of nitrogens with two attached hydrogens (primary N) is 1. The summed E-state index contributed by atoms with van der Waals surface area (Å²) >= 11 is 0. The van der Waals surface area contributed by atoms with Crippen molar-refractivity contribution < 1.29 is 13.2 Å². The fourth-order valence-corrected chi connectivity index (χ4v) is 4.65. The van der Waals surface area contributed by atoms with Crippen LogP contribution in [0.25, 0.3) is 0 Å². The van der Waals surface area contributed by atoms with Crippen LogP contribution in [0.4, 0.5) is 5.69 Å². The molecule has 1 atom stereocenters. The van der Waals surface area contributed by atoms with Gasteiger partial charge in [0.25, 0.3) is 0 Å². The van der Waals surface area contributed by atoms with Gasteiger partial charge in [-0.15, -0.1) is 0 Å². The second-order valence-electron chi connectivity index (χ2n) is 6.31. The third kappa shape index (κ3) is 4.69. The number of sulfonamides is 1. The molecule has 1 saturated heterocycles. The second-order valence-corrected chi connectivity index (χ2v) is 8.10. The fourth-order valence-electron chi connectivity index (χ4n) is 2.82. The molecule has 1 heterocycles. The molecule has 1 aliphatic rings. The van der Waals surface area contributed by atoms with Gasteiger partial charge in [-0.05, 0) is 36.3 Å². The molecule has 0 bridgehead atoms. The minimum Gasteiger partial charge on any atom is -0.398 e. The summed E-state index contributed by atoms with van der Waals surface area (Å²) in [7, 11) is -3.35. The van der Waals surface area contributed by atoms with Crippen molar-refractivity contribution in [3.63, 3.8) is 0 Å². The average molecular weight is 326 g/mol. The Hall–Kier alpha value is -1.11. The number of anilines is 1. The molecule has 0 radical (unpaired) electrons. The number of hydrogen-bond acceptors (Lipinski definition) is 4. The van der Waals surface area contributed by atoms with E-state index in [9.17, 15) is 8.42 Å². The number of hydrogen-bond donors (Lipinski definition) is 2. The highest BCUT2D eigenvalue weighted by Gasteiger charge is 2.27. The number of rotatable bonds is 6. The van der Waals surface area contributed by atoms with Gasteiger partial charge < -0.3 is 10.5 Å². The molecule has 22 heavy (non-hydrogen) atoms. The van der Waals surface area contributed by atoms with E-state index >= 15 is 0 Å². The number of nitrogen functional groups attached to an aromatic ring is 1. The van der Waals surface area contributed by atoms with E-state index in [0.29, 0.717) is 18.9 Å². The van der Waals surface area contributed by atoms with Crippen molar-refractivity contribution in [3.8, 4) is 0 Å². The van der Waals surface area contributed by atoms with Crippen molar-refractivity contribution in [1.29, 1.82) is 0 Å². The molecular formula is C16H26N2O3S. The average Bonchev–Trinajstić information content (AvgIpc) is 2.46. The van der Waals surface area contributed by atoms with Crippen molar-refractivity contribution >= 4 is 15.7 Å². The summed E-state index contributed by atoms with van der Waals surface area (Å²) < 4.78 is 33.1. The van der Waals surface area contributed by atoms with E-state index in [1.54, 1.807) is 6.07 Å². The van der Waals surface area contributed by atoms with Gasteiger partial charge in [0, 0.05) is 18.9 Å². The molecule has 1 aromatic rings. The highest BCUT2D eigenvalue weighted by molar-refractivity contribution is 7.89. The van der Waals surface area contributed by atoms with Crippen molar-refractivity contribution in [2.24, 2.45) is 11.8 Å². The first-order chi connectivity index (χ1) is 10.4. The van der Waals surface area contributed by atoms with Crippen LogP contribution in [0.3, 0.4) is 0 Å². The Morgan fingerprint density at radius 2 is 1.91 bits per heavy atom. The number of benzene rings is 1. The smallest absolute Gasteiger partial charge is 0.212 e. The van der Waals surface area contributed by atoms with E-state index in [-0.39, 0.29) is 23.6 Å². The van der Waals surface area contributed by atoms with Crippen LogP contribution in [0.15, 0.2) is 24.3 Å². The molecule has 0 spiro atoms. The number of nitrogens with one attached hydrogen (secondary N) is 1. The lowest BCUT2D eigenvalue weighted by molar-refractivity contribution is 0.0722. The van der Waals surface area contributed by atoms with Crippen LogP contribution >= 0.6 is 0 Å². The van der Waals surface area contributed by atoms with E-state index in [1.807, 2.05) is 32.0 Å². The minimum absolute atomic E-state index is 0.120. The van der Waals surface area contributed by atoms with Crippen LogP contribution < -0.4 is 10.5 Å². The Morgan fingerprint density at radius 1 is 1.27 bits per heavy atom. The summed E-state index contributed by atoms with van der Waals surface area (Å²) in [5.74, 6) is 0.452. The Labute approximate surface area is 133 Å². The highest BCUT2D eigenvalue weighted by atomic mass is 32.2. The van der Waals surface area contributed by atoms with E-state index in [1.165, 1.54) is 0 Å². The molecule has 5 nitrogen and oxygen atoms in total. The zero-order chi connectivity index (χ0) is 16.2. The Balaban J connectivity index is 2.11. The summed E-state index contributed by atoms with van der Waals surface area (Å²) in [5, 5.41) is 0. The first-order valence-electron chi connectivity index (χ1n) is 7.81. The van der Waals surface area contributed by atoms with Gasteiger partial charge in [0.1, 0.15) is 0 Å². The first-order valence-corrected chi connectivity index (χ1v) is 9.46. The Bertz CT molecular complexity index is 581. The molecule has 2 rings (SSSR count). The van der Waals surface area contributed by atoms with Crippen molar-refractivity contribution in [2.45, 2.75) is 32.7 Å². The van der Waals surface area contributed by atoms with E-state index in [0.717, 1.165) is 18.4 Å². The van der Waals surface area contributed by atoms with Crippen LogP contribution in [-0.4, -0.2) is 27.4 Å². The SMILES string of the molecule is CC(C)C(NS(=O)(=O)CC1CCOCC1)c1ccccc1N. The van der Waals surface area contributed by atoms with E-state index in [4.69, 9.17) is 10.5 Å². The second kappa shape index (κ2) is 7.44. The largest absolute Gasteiger partial charge is 0.398 e. The summed E-state index contributed by atoms with van der Waals surface area (Å²) in [4.78, 5) is 0. The molecule has 1 unspecified atom stereocenters. The van der Waals surface area contributed by atoms with Gasteiger partial charge in [0.2, 0.25) is 10.0 Å². The van der Waals surface area contributed by atoms with Crippen molar-refractivity contribution in [2.75, 3.05) is 24.7 Å². The van der Waals surface area contributed by atoms with Crippen LogP contribution in [0.5, 0.6) is 0 Å².